The Balaban J connectivity index is 1.36. The van der Waals surface area contributed by atoms with Crippen LogP contribution in [0.1, 0.15) is 24.5 Å². The molecule has 1 saturated carbocycles. The molecule has 1 aromatic heterocycles. The molecule has 0 spiro atoms. The summed E-state index contributed by atoms with van der Waals surface area (Å²) in [5, 5.41) is 23.7. The number of nitrogens with zero attached hydrogens (tertiary/aromatic N) is 3. The van der Waals surface area contributed by atoms with Gasteiger partial charge in [-0.25, -0.2) is 13.9 Å². The lowest BCUT2D eigenvalue weighted by molar-refractivity contribution is 0.0748. The number of nitrogens with one attached hydrogen (secondary N) is 2. The van der Waals surface area contributed by atoms with E-state index >= 15 is 0 Å². The first-order chi connectivity index (χ1) is 12.6. The van der Waals surface area contributed by atoms with Crippen molar-refractivity contribution < 1.29 is 19.0 Å². The van der Waals surface area contributed by atoms with E-state index in [0.29, 0.717) is 18.2 Å². The van der Waals surface area contributed by atoms with Gasteiger partial charge in [0.1, 0.15) is 18.0 Å². The molecule has 4 rings (SSSR count). The van der Waals surface area contributed by atoms with Gasteiger partial charge in [0.15, 0.2) is 0 Å². The second-order valence-corrected chi connectivity index (χ2v) is 6.71. The smallest absolute Gasteiger partial charge is 0.319 e. The Hall–Kier alpha value is -2.52. The zero-order valence-corrected chi connectivity index (χ0v) is 14.0. The number of amides is 2. The molecule has 3 N–H and O–H groups in total. The molecule has 2 fully saturated rings. The maximum Gasteiger partial charge on any atom is 0.319 e. The lowest BCUT2D eigenvalue weighted by Crippen LogP contribution is -2.49. The molecule has 0 radical (unpaired) electrons. The number of aliphatic hydroxyl groups is 1. The van der Waals surface area contributed by atoms with Gasteiger partial charge in [0.05, 0.1) is 24.9 Å². The minimum absolute atomic E-state index is 0.135. The van der Waals surface area contributed by atoms with Gasteiger partial charge >= 0.3 is 6.03 Å². The molecule has 2 heterocycles. The SMILES string of the molecule is O=C(Nc1ccc(F)cc1)N[C@@H]1[C@@H](O)CO[C@@H]1Cn1cc(C2CC2)nn1. The van der Waals surface area contributed by atoms with Crippen LogP contribution in [0.4, 0.5) is 14.9 Å². The van der Waals surface area contributed by atoms with E-state index in [9.17, 15) is 14.3 Å². The van der Waals surface area contributed by atoms with Gasteiger partial charge in [0, 0.05) is 17.8 Å². The van der Waals surface area contributed by atoms with Gasteiger partial charge in [-0.2, -0.15) is 0 Å². The first-order valence-electron chi connectivity index (χ1n) is 8.61. The molecule has 2 aromatic rings. The molecule has 1 aliphatic heterocycles. The third kappa shape index (κ3) is 3.83. The Morgan fingerprint density at radius 1 is 1.35 bits per heavy atom. The summed E-state index contributed by atoms with van der Waals surface area (Å²) in [7, 11) is 0. The Morgan fingerprint density at radius 2 is 2.12 bits per heavy atom. The number of halogens is 1. The van der Waals surface area contributed by atoms with Crippen molar-refractivity contribution in [3.63, 3.8) is 0 Å². The Kier molecular flexibility index (Phi) is 4.56. The molecule has 2 aliphatic rings. The second kappa shape index (κ2) is 7.00. The second-order valence-electron chi connectivity index (χ2n) is 6.71. The molecular weight excluding hydrogens is 341 g/mol. The van der Waals surface area contributed by atoms with E-state index in [2.05, 4.69) is 20.9 Å². The quantitative estimate of drug-likeness (QED) is 0.744. The fraction of sp³-hybridized carbons (Fsp3) is 0.471. The lowest BCUT2D eigenvalue weighted by atomic mass is 10.1. The summed E-state index contributed by atoms with van der Waals surface area (Å²) >= 11 is 0. The Labute approximate surface area is 149 Å². The van der Waals surface area contributed by atoms with Crippen LogP contribution < -0.4 is 10.6 Å². The van der Waals surface area contributed by atoms with Crippen molar-refractivity contribution in [2.45, 2.75) is 43.6 Å². The number of ether oxygens (including phenoxy) is 1. The number of aliphatic hydroxyl groups excluding tert-OH is 1. The molecule has 138 valence electrons. The zero-order chi connectivity index (χ0) is 18.1. The van der Waals surface area contributed by atoms with Gasteiger partial charge < -0.3 is 20.5 Å². The van der Waals surface area contributed by atoms with Crippen molar-refractivity contribution >= 4 is 11.7 Å². The molecule has 1 aromatic carbocycles. The molecule has 0 bridgehead atoms. The number of hydrogen-bond donors (Lipinski definition) is 3. The molecule has 9 heteroatoms. The molecule has 3 atom stereocenters. The number of urea groups is 1. The number of benzene rings is 1. The van der Waals surface area contributed by atoms with Crippen molar-refractivity contribution in [2.75, 3.05) is 11.9 Å². The Morgan fingerprint density at radius 3 is 2.85 bits per heavy atom. The van der Waals surface area contributed by atoms with Crippen molar-refractivity contribution in [2.24, 2.45) is 0 Å². The lowest BCUT2D eigenvalue weighted by Gasteiger charge is -2.21. The van der Waals surface area contributed by atoms with E-state index in [0.717, 1.165) is 18.5 Å². The van der Waals surface area contributed by atoms with Gasteiger partial charge in [-0.15, -0.1) is 5.10 Å². The minimum Gasteiger partial charge on any atom is -0.388 e. The van der Waals surface area contributed by atoms with Gasteiger partial charge in [0.25, 0.3) is 0 Å². The van der Waals surface area contributed by atoms with E-state index in [-0.39, 0.29) is 12.4 Å². The van der Waals surface area contributed by atoms with Crippen LogP contribution in [0.3, 0.4) is 0 Å². The van der Waals surface area contributed by atoms with Crippen molar-refractivity contribution in [3.05, 3.63) is 42.0 Å². The summed E-state index contributed by atoms with van der Waals surface area (Å²) in [5.41, 5.74) is 1.43. The van der Waals surface area contributed by atoms with E-state index in [1.165, 1.54) is 24.3 Å². The fourth-order valence-corrected chi connectivity index (χ4v) is 3.04. The summed E-state index contributed by atoms with van der Waals surface area (Å²) < 4.78 is 20.2. The number of rotatable bonds is 5. The van der Waals surface area contributed by atoms with E-state index in [1.807, 2.05) is 6.20 Å². The summed E-state index contributed by atoms with van der Waals surface area (Å²) in [6.45, 7) is 0.522. The van der Waals surface area contributed by atoms with E-state index < -0.39 is 24.3 Å². The first kappa shape index (κ1) is 16.9. The first-order valence-corrected chi connectivity index (χ1v) is 8.61. The Bertz CT molecular complexity index is 777. The highest BCUT2D eigenvalue weighted by Gasteiger charge is 2.38. The van der Waals surface area contributed by atoms with E-state index in [1.54, 1.807) is 4.68 Å². The summed E-state index contributed by atoms with van der Waals surface area (Å²) in [6.07, 6.45) is 2.94. The monoisotopic (exact) mass is 361 g/mol. The number of carbonyl (C=O) groups excluding carboxylic acids is 1. The van der Waals surface area contributed by atoms with Crippen LogP contribution in [-0.2, 0) is 11.3 Å². The molecule has 1 saturated heterocycles. The molecule has 8 nitrogen and oxygen atoms in total. The van der Waals surface area contributed by atoms with Crippen LogP contribution in [0.15, 0.2) is 30.5 Å². The van der Waals surface area contributed by atoms with Crippen molar-refractivity contribution in [1.82, 2.24) is 20.3 Å². The van der Waals surface area contributed by atoms with Crippen molar-refractivity contribution in [3.8, 4) is 0 Å². The highest BCUT2D eigenvalue weighted by Crippen LogP contribution is 2.38. The highest BCUT2D eigenvalue weighted by atomic mass is 19.1. The average Bonchev–Trinajstić information content (AvgIpc) is 3.29. The predicted octanol–water partition coefficient (Wildman–Crippen LogP) is 1.24. The van der Waals surface area contributed by atoms with E-state index in [4.69, 9.17) is 4.74 Å². The van der Waals surface area contributed by atoms with Gasteiger partial charge in [-0.3, -0.25) is 0 Å². The number of carbonyl (C=O) groups is 1. The third-order valence-electron chi connectivity index (χ3n) is 4.61. The van der Waals surface area contributed by atoms with Crippen molar-refractivity contribution in [1.29, 1.82) is 0 Å². The topological polar surface area (TPSA) is 101 Å². The summed E-state index contributed by atoms with van der Waals surface area (Å²) in [6, 6.07) is 4.37. The predicted molar refractivity (Wildman–Crippen MR) is 90.1 cm³/mol. The van der Waals surface area contributed by atoms with Gasteiger partial charge in [-0.05, 0) is 37.1 Å². The van der Waals surface area contributed by atoms with Crippen LogP contribution >= 0.6 is 0 Å². The standard InChI is InChI=1S/C17H20FN5O3/c18-11-3-5-12(6-4-11)19-17(25)20-16-14(24)9-26-15(16)8-23-7-13(21-22-23)10-1-2-10/h3-7,10,14-16,24H,1-2,8-9H2,(H2,19,20,25)/t14-,15+,16+/m0/s1. The molecule has 2 amide bonds. The van der Waals surface area contributed by atoms with Crippen LogP contribution in [0.2, 0.25) is 0 Å². The zero-order valence-electron chi connectivity index (χ0n) is 14.0. The minimum atomic E-state index is -0.814. The van der Waals surface area contributed by atoms with Gasteiger partial charge in [-0.1, -0.05) is 5.21 Å². The number of aromatic nitrogens is 3. The van der Waals surface area contributed by atoms with Crippen LogP contribution in [0.5, 0.6) is 0 Å². The molecule has 26 heavy (non-hydrogen) atoms. The normalized spacial score (nSPS) is 25.2. The van der Waals surface area contributed by atoms with Crippen LogP contribution in [0, 0.1) is 5.82 Å². The largest absolute Gasteiger partial charge is 0.388 e. The van der Waals surface area contributed by atoms with Gasteiger partial charge in [0.2, 0.25) is 0 Å². The van der Waals surface area contributed by atoms with Crippen LogP contribution in [0.25, 0.3) is 0 Å². The summed E-state index contributed by atoms with van der Waals surface area (Å²) in [5.74, 6) is 0.128. The van der Waals surface area contributed by atoms with Crippen LogP contribution in [-0.4, -0.2) is 51.0 Å². The number of hydrogen-bond acceptors (Lipinski definition) is 5. The number of anilines is 1. The molecule has 0 unspecified atom stereocenters. The molecular formula is C17H20FN5O3. The maximum atomic E-state index is 12.9. The third-order valence-corrected chi connectivity index (χ3v) is 4.61. The highest BCUT2D eigenvalue weighted by molar-refractivity contribution is 5.89. The molecule has 1 aliphatic carbocycles. The summed E-state index contributed by atoms with van der Waals surface area (Å²) in [4.78, 5) is 12.2. The maximum absolute atomic E-state index is 12.9. The average molecular weight is 361 g/mol. The fourth-order valence-electron chi connectivity index (χ4n) is 3.04.